The minimum atomic E-state index is -3.10. The second-order valence-electron chi connectivity index (χ2n) is 3.84. The number of aryl methyl sites for hydroxylation is 1. The zero-order valence-electron chi connectivity index (χ0n) is 10.4. The van der Waals surface area contributed by atoms with E-state index in [2.05, 4.69) is 27.7 Å². The Morgan fingerprint density at radius 3 is 2.71 bits per heavy atom. The van der Waals surface area contributed by atoms with E-state index < -0.39 is 10.0 Å². The van der Waals surface area contributed by atoms with Crippen LogP contribution in [0.5, 0.6) is 0 Å². The van der Waals surface area contributed by atoms with Crippen LogP contribution in [0.2, 0.25) is 0 Å². The van der Waals surface area contributed by atoms with Gasteiger partial charge in [-0.3, -0.25) is 0 Å². The van der Waals surface area contributed by atoms with E-state index in [1.807, 2.05) is 12.3 Å². The van der Waals surface area contributed by atoms with E-state index in [0.717, 1.165) is 6.54 Å². The summed E-state index contributed by atoms with van der Waals surface area (Å²) in [6.45, 7) is 6.43. The quantitative estimate of drug-likeness (QED) is 0.670. The standard InChI is InChI=1S/C11H21N3O2S/c1-3-13-17(15,16)8-6-12-9-11-5-7-14(4-2)10-11/h5,7,10,12-13H,3-4,6,8-9H2,1-2H3. The topological polar surface area (TPSA) is 63.1 Å². The minimum absolute atomic E-state index is 0.120. The third-order valence-corrected chi connectivity index (χ3v) is 3.89. The van der Waals surface area contributed by atoms with Gasteiger partial charge in [0.15, 0.2) is 0 Å². The molecule has 0 amide bonds. The highest BCUT2D eigenvalue weighted by Crippen LogP contribution is 2.00. The van der Waals surface area contributed by atoms with E-state index in [1.54, 1.807) is 6.92 Å². The van der Waals surface area contributed by atoms with Crippen LogP contribution in [0.25, 0.3) is 0 Å². The van der Waals surface area contributed by atoms with Crippen molar-refractivity contribution in [2.45, 2.75) is 26.9 Å². The van der Waals surface area contributed by atoms with Gasteiger partial charge in [-0.05, 0) is 18.6 Å². The molecule has 0 atom stereocenters. The van der Waals surface area contributed by atoms with Crippen molar-refractivity contribution in [3.63, 3.8) is 0 Å². The number of nitrogens with one attached hydrogen (secondary N) is 2. The smallest absolute Gasteiger partial charge is 0.212 e. The van der Waals surface area contributed by atoms with Gasteiger partial charge in [0.25, 0.3) is 0 Å². The minimum Gasteiger partial charge on any atom is -0.354 e. The summed E-state index contributed by atoms with van der Waals surface area (Å²) in [5.41, 5.74) is 1.17. The van der Waals surface area contributed by atoms with Gasteiger partial charge in [0.1, 0.15) is 0 Å². The summed E-state index contributed by atoms with van der Waals surface area (Å²) in [5.74, 6) is 0.120. The molecule has 0 aliphatic carbocycles. The molecule has 0 fully saturated rings. The van der Waals surface area contributed by atoms with Gasteiger partial charge in [-0.15, -0.1) is 0 Å². The van der Waals surface area contributed by atoms with Gasteiger partial charge in [0.2, 0.25) is 10.0 Å². The lowest BCUT2D eigenvalue weighted by Crippen LogP contribution is -2.31. The van der Waals surface area contributed by atoms with Gasteiger partial charge in [0.05, 0.1) is 5.75 Å². The first-order valence-electron chi connectivity index (χ1n) is 5.90. The fraction of sp³-hybridized carbons (Fsp3) is 0.636. The highest BCUT2D eigenvalue weighted by Gasteiger charge is 2.07. The Kier molecular flexibility index (Phi) is 5.67. The maximum Gasteiger partial charge on any atom is 0.212 e. The van der Waals surface area contributed by atoms with Crippen LogP contribution in [0, 0.1) is 0 Å². The molecule has 5 nitrogen and oxygen atoms in total. The van der Waals surface area contributed by atoms with Crippen molar-refractivity contribution in [3.05, 3.63) is 24.0 Å². The van der Waals surface area contributed by atoms with E-state index in [-0.39, 0.29) is 5.75 Å². The average Bonchev–Trinajstić information content (AvgIpc) is 2.72. The summed E-state index contributed by atoms with van der Waals surface area (Å²) in [4.78, 5) is 0. The highest BCUT2D eigenvalue weighted by atomic mass is 32.2. The van der Waals surface area contributed by atoms with Crippen LogP contribution in [0.1, 0.15) is 19.4 Å². The van der Waals surface area contributed by atoms with Gasteiger partial charge < -0.3 is 9.88 Å². The molecule has 17 heavy (non-hydrogen) atoms. The monoisotopic (exact) mass is 259 g/mol. The number of sulfonamides is 1. The first-order chi connectivity index (χ1) is 8.07. The molecule has 98 valence electrons. The highest BCUT2D eigenvalue weighted by molar-refractivity contribution is 7.89. The van der Waals surface area contributed by atoms with Crippen LogP contribution < -0.4 is 10.0 Å². The lowest BCUT2D eigenvalue weighted by atomic mass is 10.3. The van der Waals surface area contributed by atoms with Crippen molar-refractivity contribution in [2.75, 3.05) is 18.8 Å². The predicted molar refractivity (Wildman–Crippen MR) is 69.3 cm³/mol. The number of aromatic nitrogens is 1. The molecule has 0 radical (unpaired) electrons. The van der Waals surface area contributed by atoms with Gasteiger partial charge in [0, 0.05) is 38.6 Å². The molecule has 0 aliphatic heterocycles. The Morgan fingerprint density at radius 2 is 2.12 bits per heavy atom. The maximum absolute atomic E-state index is 11.3. The van der Waals surface area contributed by atoms with Crippen molar-refractivity contribution < 1.29 is 8.42 Å². The largest absolute Gasteiger partial charge is 0.354 e. The lowest BCUT2D eigenvalue weighted by molar-refractivity contribution is 0.578. The van der Waals surface area contributed by atoms with E-state index in [1.165, 1.54) is 5.56 Å². The molecule has 2 N–H and O–H groups in total. The Balaban J connectivity index is 2.24. The second-order valence-corrected chi connectivity index (χ2v) is 5.77. The number of hydrogen-bond acceptors (Lipinski definition) is 3. The van der Waals surface area contributed by atoms with E-state index >= 15 is 0 Å². The molecule has 1 aromatic rings. The second kappa shape index (κ2) is 6.78. The number of hydrogen-bond donors (Lipinski definition) is 2. The van der Waals surface area contributed by atoms with Gasteiger partial charge in [-0.25, -0.2) is 13.1 Å². The molecular weight excluding hydrogens is 238 g/mol. The molecule has 1 heterocycles. The third-order valence-electron chi connectivity index (χ3n) is 2.42. The van der Waals surface area contributed by atoms with Crippen LogP contribution in [0.4, 0.5) is 0 Å². The predicted octanol–water partition coefficient (Wildman–Crippen LogP) is 0.537. The molecule has 1 aromatic heterocycles. The number of nitrogens with zero attached hydrogens (tertiary/aromatic N) is 1. The van der Waals surface area contributed by atoms with Crippen molar-refractivity contribution in [1.82, 2.24) is 14.6 Å². The Labute approximate surface area is 103 Å². The van der Waals surface area contributed by atoms with Crippen molar-refractivity contribution >= 4 is 10.0 Å². The van der Waals surface area contributed by atoms with Crippen LogP contribution in [0.3, 0.4) is 0 Å². The molecular formula is C11H21N3O2S. The van der Waals surface area contributed by atoms with E-state index in [9.17, 15) is 8.42 Å². The summed E-state index contributed by atoms with van der Waals surface area (Å²) in [5, 5.41) is 3.12. The molecule has 0 unspecified atom stereocenters. The molecule has 0 bridgehead atoms. The summed E-state index contributed by atoms with van der Waals surface area (Å²) in [6, 6.07) is 2.04. The summed E-state index contributed by atoms with van der Waals surface area (Å²) >= 11 is 0. The molecule has 0 aromatic carbocycles. The zero-order valence-corrected chi connectivity index (χ0v) is 11.3. The van der Waals surface area contributed by atoms with Crippen molar-refractivity contribution in [1.29, 1.82) is 0 Å². The molecule has 0 saturated heterocycles. The van der Waals surface area contributed by atoms with Crippen LogP contribution in [0.15, 0.2) is 18.5 Å². The van der Waals surface area contributed by atoms with Gasteiger partial charge in [-0.1, -0.05) is 6.92 Å². The molecule has 1 rings (SSSR count). The van der Waals surface area contributed by atoms with E-state index in [4.69, 9.17) is 0 Å². The fourth-order valence-corrected chi connectivity index (χ4v) is 2.52. The van der Waals surface area contributed by atoms with Gasteiger partial charge >= 0.3 is 0 Å². The molecule has 6 heteroatoms. The molecule has 0 aliphatic rings. The van der Waals surface area contributed by atoms with Crippen LogP contribution in [-0.2, 0) is 23.1 Å². The van der Waals surface area contributed by atoms with Crippen LogP contribution in [-0.4, -0.2) is 31.8 Å². The number of rotatable bonds is 8. The summed E-state index contributed by atoms with van der Waals surface area (Å²) in [7, 11) is -3.10. The average molecular weight is 259 g/mol. The molecule has 0 saturated carbocycles. The first kappa shape index (κ1) is 14.2. The molecule has 0 spiro atoms. The summed E-state index contributed by atoms with van der Waals surface area (Å²) < 4.78 is 27.2. The van der Waals surface area contributed by atoms with Gasteiger partial charge in [-0.2, -0.15) is 0 Å². The van der Waals surface area contributed by atoms with E-state index in [0.29, 0.717) is 19.6 Å². The third kappa shape index (κ3) is 5.34. The Bertz CT molecular complexity index is 426. The lowest BCUT2D eigenvalue weighted by Gasteiger charge is -2.05. The maximum atomic E-state index is 11.3. The normalized spacial score (nSPS) is 11.9. The zero-order chi connectivity index (χ0) is 12.7. The first-order valence-corrected chi connectivity index (χ1v) is 7.55. The Hall–Kier alpha value is -0.850. The summed E-state index contributed by atoms with van der Waals surface area (Å²) in [6.07, 6.45) is 4.08. The SMILES string of the molecule is CCNS(=O)(=O)CCNCc1ccn(CC)c1. The fourth-order valence-electron chi connectivity index (χ4n) is 1.52. The van der Waals surface area contributed by atoms with Crippen LogP contribution >= 0.6 is 0 Å². The van der Waals surface area contributed by atoms with Crippen molar-refractivity contribution in [2.24, 2.45) is 0 Å². The van der Waals surface area contributed by atoms with Crippen molar-refractivity contribution in [3.8, 4) is 0 Å². The Morgan fingerprint density at radius 1 is 1.35 bits per heavy atom.